The minimum absolute atomic E-state index is 0.247. The maximum Gasteiger partial charge on any atom is 0.130 e. The molecule has 3 rings (SSSR count). The Morgan fingerprint density at radius 3 is 2.76 bits per heavy atom. The van der Waals surface area contributed by atoms with Crippen LogP contribution < -0.4 is 4.74 Å². The molecule has 1 atom stereocenters. The third-order valence-electron chi connectivity index (χ3n) is 3.85. The quantitative estimate of drug-likeness (QED) is 0.850. The number of hydrogen-bond donors (Lipinski definition) is 1. The van der Waals surface area contributed by atoms with Gasteiger partial charge in [-0.3, -0.25) is 0 Å². The van der Waals surface area contributed by atoms with Crippen molar-refractivity contribution in [1.29, 1.82) is 0 Å². The summed E-state index contributed by atoms with van der Waals surface area (Å²) in [5.41, 5.74) is 2.36. The largest absolute Gasteiger partial charge is 0.487 e. The van der Waals surface area contributed by atoms with Crippen LogP contribution in [0.3, 0.4) is 0 Å². The summed E-state index contributed by atoms with van der Waals surface area (Å²) in [6.45, 7) is 2.38. The summed E-state index contributed by atoms with van der Waals surface area (Å²) < 4.78 is 8.06. The van der Waals surface area contributed by atoms with E-state index in [4.69, 9.17) is 4.74 Å². The third-order valence-corrected chi connectivity index (χ3v) is 3.85. The highest BCUT2D eigenvalue weighted by atomic mass is 16.5. The molecule has 1 unspecified atom stereocenters. The first kappa shape index (κ1) is 14.1. The zero-order valence-corrected chi connectivity index (χ0v) is 12.4. The van der Waals surface area contributed by atoms with Crippen molar-refractivity contribution >= 4 is 0 Å². The third kappa shape index (κ3) is 3.85. The van der Waals surface area contributed by atoms with Crippen molar-refractivity contribution in [2.75, 3.05) is 0 Å². The molecule has 0 spiro atoms. The Morgan fingerprint density at radius 1 is 1.33 bits per heavy atom. The summed E-state index contributed by atoms with van der Waals surface area (Å²) in [5.74, 6) is 0.874. The lowest BCUT2D eigenvalue weighted by molar-refractivity contribution is 0.185. The number of ether oxygens (including phenoxy) is 1. The van der Waals surface area contributed by atoms with E-state index in [0.29, 0.717) is 12.6 Å². The van der Waals surface area contributed by atoms with E-state index in [1.54, 1.807) is 0 Å². The molecule has 1 saturated carbocycles. The fourth-order valence-corrected chi connectivity index (χ4v) is 2.41. The van der Waals surface area contributed by atoms with Crippen molar-refractivity contribution in [3.05, 3.63) is 48.0 Å². The molecule has 21 heavy (non-hydrogen) atoms. The number of hydrogen-bond acceptors (Lipinski definition) is 3. The van der Waals surface area contributed by atoms with Crippen LogP contribution in [0.4, 0.5) is 0 Å². The highest BCUT2D eigenvalue weighted by Crippen LogP contribution is 2.35. The highest BCUT2D eigenvalue weighted by Gasteiger charge is 2.25. The number of nitrogens with zero attached hydrogens (tertiary/aromatic N) is 2. The van der Waals surface area contributed by atoms with Crippen molar-refractivity contribution in [1.82, 2.24) is 9.55 Å². The van der Waals surface area contributed by atoms with Crippen molar-refractivity contribution in [2.45, 2.75) is 51.4 Å². The van der Waals surface area contributed by atoms with E-state index in [9.17, 15) is 5.11 Å². The second-order valence-corrected chi connectivity index (χ2v) is 5.84. The van der Waals surface area contributed by atoms with Crippen LogP contribution in [-0.2, 0) is 13.0 Å². The number of aliphatic hydroxyl groups excluding tert-OH is 1. The molecule has 1 aliphatic rings. The van der Waals surface area contributed by atoms with Crippen LogP contribution >= 0.6 is 0 Å². The Labute approximate surface area is 125 Å². The van der Waals surface area contributed by atoms with Gasteiger partial charge in [0.05, 0.1) is 24.3 Å². The van der Waals surface area contributed by atoms with E-state index < -0.39 is 0 Å². The lowest BCUT2D eigenvalue weighted by Gasteiger charge is -2.10. The Kier molecular flexibility index (Phi) is 4.25. The van der Waals surface area contributed by atoms with E-state index >= 15 is 0 Å². The number of aliphatic hydroxyl groups is 1. The van der Waals surface area contributed by atoms with Gasteiger partial charge in [0.2, 0.25) is 0 Å². The van der Waals surface area contributed by atoms with Gasteiger partial charge < -0.3 is 14.4 Å². The second kappa shape index (κ2) is 6.31. The van der Waals surface area contributed by atoms with Crippen molar-refractivity contribution in [2.24, 2.45) is 0 Å². The molecule has 1 N–H and O–H groups in total. The SMILES string of the molecule is CC(O)CCc1ccc(OCc2cncn2C2CC2)cc1. The van der Waals surface area contributed by atoms with E-state index in [0.717, 1.165) is 24.3 Å². The van der Waals surface area contributed by atoms with Crippen LogP contribution in [0.25, 0.3) is 0 Å². The molecular formula is C17H22N2O2. The van der Waals surface area contributed by atoms with Gasteiger partial charge in [-0.05, 0) is 50.3 Å². The molecule has 1 aromatic heterocycles. The van der Waals surface area contributed by atoms with E-state index in [2.05, 4.69) is 21.7 Å². The van der Waals surface area contributed by atoms with E-state index in [1.807, 2.05) is 31.6 Å². The minimum Gasteiger partial charge on any atom is -0.487 e. The van der Waals surface area contributed by atoms with Crippen molar-refractivity contribution in [3.8, 4) is 5.75 Å². The maximum absolute atomic E-state index is 9.30. The first-order valence-electron chi connectivity index (χ1n) is 7.63. The van der Waals surface area contributed by atoms with Gasteiger partial charge >= 0.3 is 0 Å². The zero-order chi connectivity index (χ0) is 14.7. The van der Waals surface area contributed by atoms with Crippen LogP contribution in [-0.4, -0.2) is 20.8 Å². The molecule has 0 amide bonds. The maximum atomic E-state index is 9.30. The summed E-state index contributed by atoms with van der Waals surface area (Å²) in [4.78, 5) is 4.21. The molecule has 112 valence electrons. The lowest BCUT2D eigenvalue weighted by atomic mass is 10.1. The molecule has 0 aliphatic heterocycles. The average Bonchev–Trinajstić information content (AvgIpc) is 3.23. The molecule has 4 nitrogen and oxygen atoms in total. The van der Waals surface area contributed by atoms with Crippen LogP contribution in [0.5, 0.6) is 5.75 Å². The summed E-state index contributed by atoms with van der Waals surface area (Å²) in [5, 5.41) is 9.30. The summed E-state index contributed by atoms with van der Waals surface area (Å²) in [7, 11) is 0. The predicted octanol–water partition coefficient (Wildman–Crippen LogP) is 3.11. The van der Waals surface area contributed by atoms with Gasteiger partial charge in [-0.15, -0.1) is 0 Å². The van der Waals surface area contributed by atoms with Crippen LogP contribution in [0.1, 0.15) is 43.5 Å². The minimum atomic E-state index is -0.247. The lowest BCUT2D eigenvalue weighted by Crippen LogP contribution is -2.04. The first-order chi connectivity index (χ1) is 10.2. The van der Waals surface area contributed by atoms with Gasteiger partial charge in [0, 0.05) is 6.04 Å². The normalized spacial score (nSPS) is 15.9. The van der Waals surface area contributed by atoms with Gasteiger partial charge in [0.15, 0.2) is 0 Å². The van der Waals surface area contributed by atoms with Gasteiger partial charge in [0.1, 0.15) is 12.4 Å². The molecule has 0 bridgehead atoms. The molecule has 1 fully saturated rings. The second-order valence-electron chi connectivity index (χ2n) is 5.84. The zero-order valence-electron chi connectivity index (χ0n) is 12.4. The molecule has 1 aromatic carbocycles. The predicted molar refractivity (Wildman–Crippen MR) is 81.3 cm³/mol. The van der Waals surface area contributed by atoms with Crippen molar-refractivity contribution < 1.29 is 9.84 Å². The van der Waals surface area contributed by atoms with Gasteiger partial charge in [-0.2, -0.15) is 0 Å². The Morgan fingerprint density at radius 2 is 2.10 bits per heavy atom. The summed E-state index contributed by atoms with van der Waals surface area (Å²) in [6, 6.07) is 8.75. The van der Waals surface area contributed by atoms with Crippen LogP contribution in [0, 0.1) is 0 Å². The summed E-state index contributed by atoms with van der Waals surface area (Å²) in [6.07, 6.45) is 7.73. The highest BCUT2D eigenvalue weighted by molar-refractivity contribution is 5.27. The number of aryl methyl sites for hydroxylation is 1. The number of aromatic nitrogens is 2. The van der Waals surface area contributed by atoms with E-state index in [1.165, 1.54) is 18.4 Å². The molecule has 0 saturated heterocycles. The fourth-order valence-electron chi connectivity index (χ4n) is 2.41. The van der Waals surface area contributed by atoms with Gasteiger partial charge in [-0.25, -0.2) is 4.98 Å². The standard InChI is InChI=1S/C17H22N2O2/c1-13(20)2-3-14-4-8-17(9-5-14)21-11-16-10-18-12-19(16)15-6-7-15/h4-5,8-10,12-13,15,20H,2-3,6-7,11H2,1H3. The number of benzene rings is 1. The van der Waals surface area contributed by atoms with Crippen LogP contribution in [0.2, 0.25) is 0 Å². The Bertz CT molecular complexity index is 571. The topological polar surface area (TPSA) is 47.3 Å². The number of imidazole rings is 1. The molecular weight excluding hydrogens is 264 g/mol. The molecule has 1 aliphatic carbocycles. The molecule has 4 heteroatoms. The smallest absolute Gasteiger partial charge is 0.130 e. The average molecular weight is 286 g/mol. The molecule has 1 heterocycles. The monoisotopic (exact) mass is 286 g/mol. The summed E-state index contributed by atoms with van der Waals surface area (Å²) >= 11 is 0. The molecule has 0 radical (unpaired) electrons. The van der Waals surface area contributed by atoms with Crippen molar-refractivity contribution in [3.63, 3.8) is 0 Å². The molecule has 2 aromatic rings. The Balaban J connectivity index is 1.54. The fraction of sp³-hybridized carbons (Fsp3) is 0.471. The van der Waals surface area contributed by atoms with E-state index in [-0.39, 0.29) is 6.10 Å². The van der Waals surface area contributed by atoms with Gasteiger partial charge in [0.25, 0.3) is 0 Å². The van der Waals surface area contributed by atoms with Gasteiger partial charge in [-0.1, -0.05) is 12.1 Å². The Hall–Kier alpha value is -1.81. The number of rotatable bonds is 7. The van der Waals surface area contributed by atoms with Crippen LogP contribution in [0.15, 0.2) is 36.8 Å². The first-order valence-corrected chi connectivity index (χ1v) is 7.63.